The Kier molecular flexibility index (Phi) is 29.2. The zero-order chi connectivity index (χ0) is 50.3. The quantitative estimate of drug-likeness (QED) is 0.00855. The van der Waals surface area contributed by atoms with Gasteiger partial charge in [0.2, 0.25) is 11.5 Å². The van der Waals surface area contributed by atoms with Crippen LogP contribution in [0, 0.1) is 23.7 Å². The Morgan fingerprint density at radius 3 is 1.07 bits per heavy atom. The van der Waals surface area contributed by atoms with Crippen LogP contribution in [-0.2, 0) is 53.1 Å². The molecule has 0 amide bonds. The average Bonchev–Trinajstić information content (AvgIpc) is 3.36. The maximum atomic E-state index is 13.0. The molecule has 0 heterocycles. The summed E-state index contributed by atoms with van der Waals surface area (Å²) >= 11 is 0. The van der Waals surface area contributed by atoms with E-state index in [1.807, 2.05) is 0 Å². The molecular formula is C51H56O19. The predicted octanol–water partition coefficient (Wildman–Crippen LogP) is 6.76. The van der Waals surface area contributed by atoms with E-state index in [9.17, 15) is 9.59 Å². The van der Waals surface area contributed by atoms with Gasteiger partial charge in [-0.3, -0.25) is 0 Å². The number of hydrogen-bond donors (Lipinski definition) is 0. The van der Waals surface area contributed by atoms with Crippen molar-refractivity contribution in [3.8, 4) is 69.7 Å². The van der Waals surface area contributed by atoms with Crippen LogP contribution in [0.25, 0.3) is 0 Å². The summed E-state index contributed by atoms with van der Waals surface area (Å²) in [7, 11) is 0. The predicted molar refractivity (Wildman–Crippen MR) is 252 cm³/mol. The zero-order valence-corrected chi connectivity index (χ0v) is 38.7. The van der Waals surface area contributed by atoms with Crippen molar-refractivity contribution in [2.24, 2.45) is 0 Å². The highest BCUT2D eigenvalue weighted by molar-refractivity contribution is 5.92. The topological polar surface area (TPSA) is 191 Å². The third kappa shape index (κ3) is 22.7. The first-order valence-corrected chi connectivity index (χ1v) is 21.3. The zero-order valence-electron chi connectivity index (χ0n) is 38.7. The minimum absolute atomic E-state index is 0.00380. The van der Waals surface area contributed by atoms with E-state index in [1.54, 1.807) is 24.3 Å². The van der Waals surface area contributed by atoms with Crippen LogP contribution < -0.4 is 37.9 Å². The van der Waals surface area contributed by atoms with E-state index in [4.69, 9.17) is 81.4 Å². The van der Waals surface area contributed by atoms with Gasteiger partial charge in [0.05, 0.1) is 29.9 Å². The van der Waals surface area contributed by atoms with Crippen LogP contribution in [0.3, 0.4) is 0 Å². The molecule has 0 aliphatic carbocycles. The van der Waals surface area contributed by atoms with Gasteiger partial charge < -0.3 is 52.1 Å². The van der Waals surface area contributed by atoms with Crippen molar-refractivity contribution >= 4 is 11.9 Å². The Morgan fingerprint density at radius 2 is 0.714 bits per heavy atom. The van der Waals surface area contributed by atoms with Gasteiger partial charge in [0.25, 0.3) is 0 Å². The van der Waals surface area contributed by atoms with Crippen molar-refractivity contribution < 1.29 is 91.0 Å². The molecule has 0 unspecified atom stereocenters. The van der Waals surface area contributed by atoms with E-state index in [0.29, 0.717) is 5.75 Å². The molecular weight excluding hydrogens is 917 g/mol. The molecule has 0 aliphatic heterocycles. The van der Waals surface area contributed by atoms with Gasteiger partial charge in [0, 0.05) is 11.8 Å². The summed E-state index contributed by atoms with van der Waals surface area (Å²) in [6.07, 6.45) is 8.42. The smallest absolute Gasteiger partial charge is 0.390 e. The fourth-order valence-electron chi connectivity index (χ4n) is 4.99. The molecule has 19 heteroatoms. The number of rotatable bonds is 38. The number of hydrogen-bond acceptors (Lipinski definition) is 19. The van der Waals surface area contributed by atoms with E-state index >= 15 is 0 Å². The fraction of sp³-hybridized carbons (Fsp3) is 0.294. The van der Waals surface area contributed by atoms with Crippen molar-refractivity contribution in [3.05, 3.63) is 136 Å². The van der Waals surface area contributed by atoms with Gasteiger partial charge >= 0.3 is 11.9 Å². The van der Waals surface area contributed by atoms with E-state index in [0.717, 1.165) is 0 Å². The van der Waals surface area contributed by atoms with Gasteiger partial charge in [-0.05, 0) is 48.5 Å². The van der Waals surface area contributed by atoms with Gasteiger partial charge in [-0.25, -0.2) is 38.9 Å². The Morgan fingerprint density at radius 1 is 0.386 bits per heavy atom. The molecule has 3 aromatic rings. The highest BCUT2D eigenvalue weighted by atomic mass is 17.2. The molecule has 19 nitrogen and oxygen atoms in total. The molecule has 0 aliphatic rings. The summed E-state index contributed by atoms with van der Waals surface area (Å²) in [6.45, 7) is 22.8. The van der Waals surface area contributed by atoms with Gasteiger partial charge in [0.15, 0.2) is 23.0 Å². The lowest BCUT2D eigenvalue weighted by atomic mass is 10.1. The molecule has 3 rings (SSSR count). The number of benzene rings is 3. The normalized spacial score (nSPS) is 10.0. The molecule has 0 spiro atoms. The van der Waals surface area contributed by atoms with Gasteiger partial charge in [-0.15, -0.1) is 19.7 Å². The van der Waals surface area contributed by atoms with Crippen molar-refractivity contribution in [1.29, 1.82) is 0 Å². The maximum absolute atomic E-state index is 13.0. The van der Waals surface area contributed by atoms with Gasteiger partial charge in [0.1, 0.15) is 111 Å². The second-order valence-corrected chi connectivity index (χ2v) is 12.7. The van der Waals surface area contributed by atoms with Crippen LogP contribution in [0.2, 0.25) is 0 Å². The Balaban J connectivity index is 1.79. The Hall–Kier alpha value is -7.88. The molecule has 0 bridgehead atoms. The molecule has 70 heavy (non-hydrogen) atoms. The number of carbonyl (C=O) groups excluding carboxylic acids is 2. The van der Waals surface area contributed by atoms with Crippen LogP contribution in [0.15, 0.2) is 125 Å². The summed E-state index contributed by atoms with van der Waals surface area (Å²) in [6, 6.07) is 11.9. The highest BCUT2D eigenvalue weighted by Crippen LogP contribution is 2.41. The standard InChI is InChI=1S/C51H56O19/c1-7-25-63-66-37-34-58-45-22-14-40(48(59-32-29-55-11-5)51(45)62-36-39-68-65-27-9-3)15-23-46(52)69-42-17-19-43(20-18-42)70-47(53)24-16-41-13-21-44(57-31-28-54-10-4)50(61-33-30-56-12-6)49(41)60-35-38-67-64-26-8-2/h7-14,17-22H,1-6,25-39H2. The minimum atomic E-state index is -0.921. The molecule has 0 fully saturated rings. The second kappa shape index (κ2) is 36.2. The minimum Gasteiger partial charge on any atom is -0.498 e. The SMILES string of the molecule is C=CCOOCCOc1ccc(C#CC(=O)Oc2ccc(OC(=O)C#Cc3ccc(OCCOC=C)c(OCCOC=C)c3OCCOOCC=C)cc2)c(OCCOC=C)c1OCCOOCC=C. The molecule has 0 radical (unpaired) electrons. The van der Waals surface area contributed by atoms with E-state index in [1.165, 1.54) is 61.3 Å². The third-order valence-electron chi connectivity index (χ3n) is 7.76. The summed E-state index contributed by atoms with van der Waals surface area (Å²) in [4.78, 5) is 56.1. The number of carbonyl (C=O) groups is 2. The van der Waals surface area contributed by atoms with Crippen LogP contribution in [-0.4, -0.2) is 111 Å². The van der Waals surface area contributed by atoms with E-state index in [2.05, 4.69) is 63.2 Å². The summed E-state index contributed by atoms with van der Waals surface area (Å²) < 4.78 is 62.2. The average molecular weight is 973 g/mol. The molecule has 0 atom stereocenters. The Labute approximate surface area is 406 Å². The largest absolute Gasteiger partial charge is 0.498 e. The summed E-state index contributed by atoms with van der Waals surface area (Å²) in [5.41, 5.74) is 0.503. The Bertz CT molecular complexity index is 2230. The molecule has 0 saturated carbocycles. The highest BCUT2D eigenvalue weighted by Gasteiger charge is 2.20. The van der Waals surface area contributed by atoms with Crippen molar-refractivity contribution in [3.63, 3.8) is 0 Å². The van der Waals surface area contributed by atoms with Crippen LogP contribution in [0.1, 0.15) is 11.1 Å². The van der Waals surface area contributed by atoms with Gasteiger partial charge in [-0.2, -0.15) is 0 Å². The van der Waals surface area contributed by atoms with Crippen LogP contribution in [0.5, 0.6) is 46.0 Å². The second-order valence-electron chi connectivity index (χ2n) is 12.7. The van der Waals surface area contributed by atoms with E-state index in [-0.39, 0.29) is 150 Å². The van der Waals surface area contributed by atoms with Gasteiger partial charge in [-0.1, -0.05) is 49.8 Å². The molecule has 0 aromatic heterocycles. The third-order valence-corrected chi connectivity index (χ3v) is 7.76. The van der Waals surface area contributed by atoms with Crippen molar-refractivity contribution in [2.75, 3.05) is 99.1 Å². The summed E-state index contributed by atoms with van der Waals surface area (Å²) in [5.74, 6) is 9.96. The maximum Gasteiger partial charge on any atom is 0.390 e. The fourth-order valence-corrected chi connectivity index (χ4v) is 4.99. The number of esters is 2. The van der Waals surface area contributed by atoms with E-state index < -0.39 is 11.9 Å². The van der Waals surface area contributed by atoms with Crippen LogP contribution in [0.4, 0.5) is 0 Å². The molecule has 3 aromatic carbocycles. The summed E-state index contributed by atoms with van der Waals surface area (Å²) in [5, 5.41) is 0. The number of ether oxygens (including phenoxy) is 11. The molecule has 0 N–H and O–H groups in total. The molecule has 0 saturated heterocycles. The van der Waals surface area contributed by atoms with Crippen molar-refractivity contribution in [2.45, 2.75) is 0 Å². The van der Waals surface area contributed by atoms with Crippen molar-refractivity contribution in [1.82, 2.24) is 0 Å². The monoisotopic (exact) mass is 972 g/mol. The molecule has 374 valence electrons. The van der Waals surface area contributed by atoms with Crippen LogP contribution >= 0.6 is 0 Å². The lowest BCUT2D eigenvalue weighted by Gasteiger charge is -2.18. The first-order valence-electron chi connectivity index (χ1n) is 21.3. The lowest BCUT2D eigenvalue weighted by Crippen LogP contribution is -2.13. The first kappa shape index (κ1) is 56.4. The lowest BCUT2D eigenvalue weighted by molar-refractivity contribution is -0.289. The first-order chi connectivity index (χ1) is 34.4.